The van der Waals surface area contributed by atoms with E-state index >= 15 is 0 Å². The van der Waals surface area contributed by atoms with Gasteiger partial charge in [-0.2, -0.15) is 11.8 Å². The van der Waals surface area contributed by atoms with Crippen molar-refractivity contribution in [1.82, 2.24) is 5.32 Å². The molecule has 0 radical (unpaired) electrons. The van der Waals surface area contributed by atoms with Crippen LogP contribution >= 0.6 is 11.8 Å². The molecular weight excluding hydrogens is 178 g/mol. The molecule has 0 saturated carbocycles. The van der Waals surface area contributed by atoms with Crippen LogP contribution in [-0.2, 0) is 0 Å². The lowest BCUT2D eigenvalue weighted by Gasteiger charge is -2.16. The predicted octanol–water partition coefficient (Wildman–Crippen LogP) is 3.30. The summed E-state index contributed by atoms with van der Waals surface area (Å²) in [5, 5.41) is 4.32. The van der Waals surface area contributed by atoms with Gasteiger partial charge in [0.05, 0.1) is 0 Å². The maximum Gasteiger partial charge on any atom is 0.0141 e. The van der Waals surface area contributed by atoms with Crippen LogP contribution in [-0.4, -0.2) is 24.1 Å². The molecule has 2 atom stereocenters. The Kier molecular flexibility index (Phi) is 9.10. The van der Waals surface area contributed by atoms with Gasteiger partial charge in [0, 0.05) is 17.8 Å². The molecule has 80 valence electrons. The summed E-state index contributed by atoms with van der Waals surface area (Å²) in [5.41, 5.74) is 0. The first-order valence-electron chi connectivity index (χ1n) is 5.46. The second-order valence-electron chi connectivity index (χ2n) is 3.85. The molecule has 0 aliphatic carbocycles. The number of unbranched alkanes of at least 4 members (excludes halogenated alkanes) is 2. The van der Waals surface area contributed by atoms with Crippen molar-refractivity contribution < 1.29 is 0 Å². The Morgan fingerprint density at radius 1 is 1.23 bits per heavy atom. The van der Waals surface area contributed by atoms with Crippen LogP contribution in [0, 0.1) is 0 Å². The standard InChI is InChI=1S/C11H25NS/c1-5-6-7-8-10(2)12-9-11(3)13-4/h10-12H,5-9H2,1-4H3. The van der Waals surface area contributed by atoms with E-state index in [4.69, 9.17) is 0 Å². The highest BCUT2D eigenvalue weighted by molar-refractivity contribution is 7.99. The summed E-state index contributed by atoms with van der Waals surface area (Å²) in [4.78, 5) is 0. The van der Waals surface area contributed by atoms with E-state index in [1.165, 1.54) is 25.7 Å². The highest BCUT2D eigenvalue weighted by atomic mass is 32.2. The zero-order chi connectivity index (χ0) is 10.1. The van der Waals surface area contributed by atoms with Gasteiger partial charge >= 0.3 is 0 Å². The summed E-state index contributed by atoms with van der Waals surface area (Å²) in [7, 11) is 0. The van der Waals surface area contributed by atoms with Crippen molar-refractivity contribution in [2.45, 2.75) is 57.7 Å². The van der Waals surface area contributed by atoms with Gasteiger partial charge in [0.25, 0.3) is 0 Å². The van der Waals surface area contributed by atoms with E-state index in [0.717, 1.165) is 11.8 Å². The Labute approximate surface area is 88.1 Å². The molecule has 0 rings (SSSR count). The van der Waals surface area contributed by atoms with E-state index in [1.54, 1.807) is 0 Å². The maximum atomic E-state index is 3.57. The molecule has 0 saturated heterocycles. The summed E-state index contributed by atoms with van der Waals surface area (Å²) in [5.74, 6) is 0. The Hall–Kier alpha value is 0.310. The minimum Gasteiger partial charge on any atom is -0.313 e. The van der Waals surface area contributed by atoms with Gasteiger partial charge in [-0.15, -0.1) is 0 Å². The van der Waals surface area contributed by atoms with Crippen molar-refractivity contribution in [2.24, 2.45) is 0 Å². The van der Waals surface area contributed by atoms with E-state index in [2.05, 4.69) is 32.3 Å². The smallest absolute Gasteiger partial charge is 0.0141 e. The molecular formula is C11H25NS. The largest absolute Gasteiger partial charge is 0.313 e. The molecule has 1 nitrogen and oxygen atoms in total. The van der Waals surface area contributed by atoms with Gasteiger partial charge in [0.1, 0.15) is 0 Å². The molecule has 0 aliphatic heterocycles. The first-order chi connectivity index (χ1) is 6.20. The molecule has 13 heavy (non-hydrogen) atoms. The topological polar surface area (TPSA) is 12.0 Å². The van der Waals surface area contributed by atoms with Crippen molar-refractivity contribution in [3.63, 3.8) is 0 Å². The van der Waals surface area contributed by atoms with Crippen LogP contribution in [0.4, 0.5) is 0 Å². The third-order valence-corrected chi connectivity index (χ3v) is 3.37. The van der Waals surface area contributed by atoms with E-state index in [-0.39, 0.29) is 0 Å². The fourth-order valence-electron chi connectivity index (χ4n) is 1.25. The quantitative estimate of drug-likeness (QED) is 0.608. The Balaban J connectivity index is 3.24. The minimum atomic E-state index is 0.696. The van der Waals surface area contributed by atoms with E-state index in [9.17, 15) is 0 Å². The number of hydrogen-bond acceptors (Lipinski definition) is 2. The van der Waals surface area contributed by atoms with Crippen LogP contribution in [0.5, 0.6) is 0 Å². The fraction of sp³-hybridized carbons (Fsp3) is 1.00. The zero-order valence-corrected chi connectivity index (χ0v) is 10.4. The SMILES string of the molecule is CCCCCC(C)NCC(C)SC. The van der Waals surface area contributed by atoms with Crippen LogP contribution in [0.3, 0.4) is 0 Å². The molecule has 2 unspecified atom stereocenters. The van der Waals surface area contributed by atoms with Gasteiger partial charge in [-0.25, -0.2) is 0 Å². The van der Waals surface area contributed by atoms with E-state index in [1.807, 2.05) is 11.8 Å². The van der Waals surface area contributed by atoms with Gasteiger partial charge < -0.3 is 5.32 Å². The molecule has 2 heteroatoms. The van der Waals surface area contributed by atoms with Crippen LogP contribution in [0.2, 0.25) is 0 Å². The molecule has 0 spiro atoms. The molecule has 0 aromatic rings. The lowest BCUT2D eigenvalue weighted by Crippen LogP contribution is -2.31. The van der Waals surface area contributed by atoms with Gasteiger partial charge in [-0.1, -0.05) is 33.1 Å². The molecule has 0 bridgehead atoms. The molecule has 1 N–H and O–H groups in total. The van der Waals surface area contributed by atoms with Crippen molar-refractivity contribution in [3.8, 4) is 0 Å². The molecule has 0 aromatic carbocycles. The summed E-state index contributed by atoms with van der Waals surface area (Å²) < 4.78 is 0. The highest BCUT2D eigenvalue weighted by Crippen LogP contribution is 2.06. The van der Waals surface area contributed by atoms with Gasteiger partial charge in [-0.05, 0) is 19.6 Å². The van der Waals surface area contributed by atoms with Gasteiger partial charge in [0.2, 0.25) is 0 Å². The zero-order valence-electron chi connectivity index (χ0n) is 9.60. The van der Waals surface area contributed by atoms with Crippen molar-refractivity contribution >= 4 is 11.8 Å². The normalized spacial score (nSPS) is 15.7. The monoisotopic (exact) mass is 203 g/mol. The molecule has 0 amide bonds. The Morgan fingerprint density at radius 2 is 1.92 bits per heavy atom. The molecule has 0 aliphatic rings. The second-order valence-corrected chi connectivity index (χ2v) is 5.13. The first-order valence-corrected chi connectivity index (χ1v) is 6.75. The number of nitrogens with one attached hydrogen (secondary N) is 1. The van der Waals surface area contributed by atoms with Crippen molar-refractivity contribution in [1.29, 1.82) is 0 Å². The Bertz CT molecular complexity index is 106. The second kappa shape index (κ2) is 8.89. The van der Waals surface area contributed by atoms with Crippen molar-refractivity contribution in [3.05, 3.63) is 0 Å². The highest BCUT2D eigenvalue weighted by Gasteiger charge is 2.03. The Morgan fingerprint density at radius 3 is 2.46 bits per heavy atom. The lowest BCUT2D eigenvalue weighted by atomic mass is 10.1. The first kappa shape index (κ1) is 13.3. The van der Waals surface area contributed by atoms with Crippen LogP contribution < -0.4 is 5.32 Å². The average molecular weight is 203 g/mol. The molecule has 0 aromatic heterocycles. The van der Waals surface area contributed by atoms with Crippen LogP contribution in [0.25, 0.3) is 0 Å². The van der Waals surface area contributed by atoms with E-state index < -0.39 is 0 Å². The van der Waals surface area contributed by atoms with Crippen LogP contribution in [0.1, 0.15) is 46.5 Å². The van der Waals surface area contributed by atoms with E-state index in [0.29, 0.717) is 6.04 Å². The number of thioether (sulfide) groups is 1. The average Bonchev–Trinajstić information content (AvgIpc) is 2.14. The van der Waals surface area contributed by atoms with Gasteiger partial charge in [-0.3, -0.25) is 0 Å². The predicted molar refractivity (Wildman–Crippen MR) is 64.6 cm³/mol. The summed E-state index contributed by atoms with van der Waals surface area (Å²) >= 11 is 1.93. The van der Waals surface area contributed by atoms with Crippen LogP contribution in [0.15, 0.2) is 0 Å². The lowest BCUT2D eigenvalue weighted by molar-refractivity contribution is 0.490. The minimum absolute atomic E-state index is 0.696. The van der Waals surface area contributed by atoms with Gasteiger partial charge in [0.15, 0.2) is 0 Å². The third kappa shape index (κ3) is 8.63. The summed E-state index contributed by atoms with van der Waals surface area (Å²) in [6.45, 7) is 7.97. The fourth-order valence-corrected chi connectivity index (χ4v) is 1.52. The summed E-state index contributed by atoms with van der Waals surface area (Å²) in [6.07, 6.45) is 7.58. The number of hydrogen-bond donors (Lipinski definition) is 1. The third-order valence-electron chi connectivity index (χ3n) is 2.40. The molecule has 0 heterocycles. The molecule has 0 fully saturated rings. The number of rotatable bonds is 8. The van der Waals surface area contributed by atoms with Crippen molar-refractivity contribution in [2.75, 3.05) is 12.8 Å². The summed E-state index contributed by atoms with van der Waals surface area (Å²) in [6, 6.07) is 0.696. The maximum absolute atomic E-state index is 3.57.